The van der Waals surface area contributed by atoms with Crippen LogP contribution in [-0.2, 0) is 9.59 Å². The number of unbranched alkanes of at least 4 members (excludes halogenated alkanes) is 1. The van der Waals surface area contributed by atoms with Gasteiger partial charge in [0, 0.05) is 13.0 Å². The molecule has 0 spiro atoms. The summed E-state index contributed by atoms with van der Waals surface area (Å²) in [4.78, 5) is 25.3. The van der Waals surface area contributed by atoms with E-state index >= 15 is 0 Å². The molecule has 1 rings (SSSR count). The first-order valence-corrected chi connectivity index (χ1v) is 8.07. The summed E-state index contributed by atoms with van der Waals surface area (Å²) in [5.41, 5.74) is -0.308. The Balaban J connectivity index is 2.33. The highest BCUT2D eigenvalue weighted by molar-refractivity contribution is 5.78. The molecule has 0 aromatic rings. The van der Waals surface area contributed by atoms with E-state index in [1.54, 1.807) is 0 Å². The number of nitrogens with one attached hydrogen (secondary N) is 1. The summed E-state index contributed by atoms with van der Waals surface area (Å²) in [6, 6.07) is 0. The van der Waals surface area contributed by atoms with Gasteiger partial charge in [0.25, 0.3) is 0 Å². The highest BCUT2D eigenvalue weighted by Gasteiger charge is 2.36. The van der Waals surface area contributed by atoms with Crippen LogP contribution in [0, 0.1) is 5.41 Å². The monoisotopic (exact) mass is 298 g/mol. The van der Waals surface area contributed by atoms with Crippen molar-refractivity contribution in [2.75, 3.05) is 27.2 Å². The molecule has 21 heavy (non-hydrogen) atoms. The number of carbonyl (C=O) groups is 2. The second kappa shape index (κ2) is 9.03. The quantitative estimate of drug-likeness (QED) is 0.641. The topological polar surface area (TPSA) is 69.6 Å². The molecular formula is C16H30N2O3. The molecule has 0 bridgehead atoms. The van der Waals surface area contributed by atoms with Gasteiger partial charge in [-0.2, -0.15) is 0 Å². The van der Waals surface area contributed by atoms with Gasteiger partial charge in [-0.3, -0.25) is 9.59 Å². The van der Waals surface area contributed by atoms with Crippen molar-refractivity contribution in [1.29, 1.82) is 0 Å². The Morgan fingerprint density at radius 3 is 2.33 bits per heavy atom. The van der Waals surface area contributed by atoms with Crippen LogP contribution >= 0.6 is 0 Å². The molecule has 0 aromatic carbocycles. The van der Waals surface area contributed by atoms with E-state index in [9.17, 15) is 9.59 Å². The second-order valence-electron chi connectivity index (χ2n) is 6.67. The van der Waals surface area contributed by atoms with Crippen molar-refractivity contribution in [3.63, 3.8) is 0 Å². The zero-order chi connectivity index (χ0) is 15.7. The first-order valence-electron chi connectivity index (χ1n) is 8.07. The van der Waals surface area contributed by atoms with Crippen LogP contribution in [0.1, 0.15) is 57.8 Å². The van der Waals surface area contributed by atoms with E-state index in [1.807, 2.05) is 14.1 Å². The fourth-order valence-corrected chi connectivity index (χ4v) is 3.22. The molecule has 1 aliphatic rings. The lowest BCUT2D eigenvalue weighted by atomic mass is 9.69. The highest BCUT2D eigenvalue weighted by Crippen LogP contribution is 2.42. The zero-order valence-corrected chi connectivity index (χ0v) is 13.5. The van der Waals surface area contributed by atoms with Crippen LogP contribution in [0.5, 0.6) is 0 Å². The van der Waals surface area contributed by atoms with Crippen LogP contribution in [0.25, 0.3) is 0 Å². The Kier molecular flexibility index (Phi) is 7.72. The minimum atomic E-state index is -0.782. The van der Waals surface area contributed by atoms with Crippen LogP contribution < -0.4 is 5.32 Å². The van der Waals surface area contributed by atoms with Gasteiger partial charge in [-0.15, -0.1) is 0 Å². The molecule has 5 nitrogen and oxygen atoms in total. The lowest BCUT2D eigenvalue weighted by Gasteiger charge is -2.35. The van der Waals surface area contributed by atoms with E-state index in [0.29, 0.717) is 13.0 Å². The van der Waals surface area contributed by atoms with Crippen molar-refractivity contribution in [1.82, 2.24) is 10.2 Å². The molecule has 0 unspecified atom stereocenters. The number of hydrogen-bond acceptors (Lipinski definition) is 3. The van der Waals surface area contributed by atoms with E-state index < -0.39 is 5.97 Å². The minimum Gasteiger partial charge on any atom is -0.481 e. The Bertz CT molecular complexity index is 336. The van der Waals surface area contributed by atoms with Crippen molar-refractivity contribution < 1.29 is 14.7 Å². The van der Waals surface area contributed by atoms with Gasteiger partial charge in [-0.1, -0.05) is 19.3 Å². The average Bonchev–Trinajstić information content (AvgIpc) is 2.37. The molecular weight excluding hydrogens is 268 g/mol. The molecule has 1 fully saturated rings. The van der Waals surface area contributed by atoms with Gasteiger partial charge in [-0.25, -0.2) is 0 Å². The summed E-state index contributed by atoms with van der Waals surface area (Å²) >= 11 is 0. The summed E-state index contributed by atoms with van der Waals surface area (Å²) in [6.07, 6.45) is 7.51. The highest BCUT2D eigenvalue weighted by atomic mass is 16.4. The molecule has 0 aliphatic heterocycles. The molecule has 0 atom stereocenters. The maximum atomic E-state index is 12.1. The van der Waals surface area contributed by atoms with Gasteiger partial charge in [0.15, 0.2) is 0 Å². The smallest absolute Gasteiger partial charge is 0.303 e. The van der Waals surface area contributed by atoms with Crippen molar-refractivity contribution in [3.05, 3.63) is 0 Å². The SMILES string of the molecule is CN(C)CCCCNC(=O)CC1(CC(=O)O)CCCCC1. The number of hydrogen-bond donors (Lipinski definition) is 2. The van der Waals surface area contributed by atoms with E-state index in [1.165, 1.54) is 0 Å². The standard InChI is InChI=1S/C16H30N2O3/c1-18(2)11-7-6-10-17-14(19)12-16(13-15(20)21)8-4-3-5-9-16/h3-13H2,1-2H3,(H,17,19)(H,20,21). The number of rotatable bonds is 9. The Morgan fingerprint density at radius 2 is 1.76 bits per heavy atom. The lowest BCUT2D eigenvalue weighted by molar-refractivity contribution is -0.141. The molecule has 0 aromatic heterocycles. The molecule has 1 saturated carbocycles. The largest absolute Gasteiger partial charge is 0.481 e. The predicted molar refractivity (Wildman–Crippen MR) is 83.2 cm³/mol. The number of nitrogens with zero attached hydrogens (tertiary/aromatic N) is 1. The van der Waals surface area contributed by atoms with E-state index in [0.717, 1.165) is 51.5 Å². The first kappa shape index (κ1) is 18.0. The maximum absolute atomic E-state index is 12.1. The lowest BCUT2D eigenvalue weighted by Crippen LogP contribution is -2.35. The summed E-state index contributed by atoms with van der Waals surface area (Å²) in [7, 11) is 4.08. The normalized spacial score (nSPS) is 17.7. The summed E-state index contributed by atoms with van der Waals surface area (Å²) < 4.78 is 0. The Labute approximate surface area is 128 Å². The fraction of sp³-hybridized carbons (Fsp3) is 0.875. The van der Waals surface area contributed by atoms with E-state index in [2.05, 4.69) is 10.2 Å². The Hall–Kier alpha value is -1.10. The van der Waals surface area contributed by atoms with Crippen molar-refractivity contribution >= 4 is 11.9 Å². The van der Waals surface area contributed by atoms with Crippen molar-refractivity contribution in [2.24, 2.45) is 5.41 Å². The molecule has 0 radical (unpaired) electrons. The molecule has 122 valence electrons. The first-order chi connectivity index (χ1) is 9.93. The fourth-order valence-electron chi connectivity index (χ4n) is 3.22. The van der Waals surface area contributed by atoms with Crippen LogP contribution in [0.3, 0.4) is 0 Å². The number of carboxylic acids is 1. The average molecular weight is 298 g/mol. The zero-order valence-electron chi connectivity index (χ0n) is 13.5. The minimum absolute atomic E-state index is 0.0167. The number of amides is 1. The maximum Gasteiger partial charge on any atom is 0.303 e. The summed E-state index contributed by atoms with van der Waals surface area (Å²) in [5.74, 6) is -0.765. The van der Waals surface area contributed by atoms with Gasteiger partial charge < -0.3 is 15.3 Å². The van der Waals surface area contributed by atoms with Crippen LogP contribution in [-0.4, -0.2) is 49.1 Å². The molecule has 5 heteroatoms. The molecule has 1 amide bonds. The van der Waals surface area contributed by atoms with Gasteiger partial charge in [-0.05, 0) is 51.7 Å². The van der Waals surface area contributed by atoms with Gasteiger partial charge in [0.1, 0.15) is 0 Å². The van der Waals surface area contributed by atoms with Crippen LogP contribution in [0.4, 0.5) is 0 Å². The third-order valence-corrected chi connectivity index (χ3v) is 4.33. The van der Waals surface area contributed by atoms with Gasteiger partial charge in [0.2, 0.25) is 5.91 Å². The van der Waals surface area contributed by atoms with Crippen LogP contribution in [0.2, 0.25) is 0 Å². The molecule has 1 aliphatic carbocycles. The number of carbonyl (C=O) groups excluding carboxylic acids is 1. The predicted octanol–water partition coefficient (Wildman–Crippen LogP) is 2.26. The van der Waals surface area contributed by atoms with Gasteiger partial charge >= 0.3 is 5.97 Å². The van der Waals surface area contributed by atoms with Gasteiger partial charge in [0.05, 0.1) is 6.42 Å². The summed E-state index contributed by atoms with van der Waals surface area (Å²) in [5, 5.41) is 12.1. The van der Waals surface area contributed by atoms with Crippen molar-refractivity contribution in [3.8, 4) is 0 Å². The molecule has 0 saturated heterocycles. The van der Waals surface area contributed by atoms with E-state index in [-0.39, 0.29) is 17.7 Å². The van der Waals surface area contributed by atoms with E-state index in [4.69, 9.17) is 5.11 Å². The summed E-state index contributed by atoms with van der Waals surface area (Å²) in [6.45, 7) is 1.72. The van der Waals surface area contributed by atoms with Crippen LogP contribution in [0.15, 0.2) is 0 Å². The Morgan fingerprint density at radius 1 is 1.10 bits per heavy atom. The third kappa shape index (κ3) is 7.46. The second-order valence-corrected chi connectivity index (χ2v) is 6.67. The number of carboxylic acid groups (broad SMARTS) is 1. The van der Waals surface area contributed by atoms with Crippen molar-refractivity contribution in [2.45, 2.75) is 57.8 Å². The number of aliphatic carboxylic acids is 1. The molecule has 2 N–H and O–H groups in total. The molecule has 0 heterocycles. The third-order valence-electron chi connectivity index (χ3n) is 4.33.